The fourth-order valence-electron chi connectivity index (χ4n) is 14.1. The summed E-state index contributed by atoms with van der Waals surface area (Å²) in [6, 6.07) is 119. The first kappa shape index (κ1) is 54.2. The van der Waals surface area contributed by atoms with Crippen LogP contribution in [0, 0.1) is 0 Å². The number of hydrogen-bond donors (Lipinski definition) is 0. The zero-order valence-corrected chi connectivity index (χ0v) is 50.9. The van der Waals surface area contributed by atoms with Gasteiger partial charge in [-0.25, -0.2) is 19.9 Å². The molecule has 0 aliphatic rings. The van der Waals surface area contributed by atoms with Crippen LogP contribution in [0.15, 0.2) is 340 Å². The van der Waals surface area contributed by atoms with Gasteiger partial charge >= 0.3 is 0 Å². The lowest BCUT2D eigenvalue weighted by Gasteiger charge is -2.14. The Hall–Kier alpha value is -12.8. The maximum Gasteiger partial charge on any atom is 0.235 e. The normalized spacial score (nSPS) is 11.6. The third-order valence-corrected chi connectivity index (χ3v) is 18.3. The van der Waals surface area contributed by atoms with Gasteiger partial charge in [0.25, 0.3) is 0 Å². The van der Waals surface area contributed by atoms with Crippen molar-refractivity contribution in [1.82, 2.24) is 38.2 Å². The minimum atomic E-state index is 0.636. The molecule has 19 rings (SSSR count). The monoisotopic (exact) mass is 1200 g/mol. The molecule has 0 saturated heterocycles. The molecule has 0 atom stereocenters. The van der Waals surface area contributed by atoms with E-state index in [1.54, 1.807) is 0 Å². The van der Waals surface area contributed by atoms with Gasteiger partial charge in [-0.05, 0) is 71.8 Å². The summed E-state index contributed by atoms with van der Waals surface area (Å²) in [5.74, 6) is 1.28. The Kier molecular flexibility index (Phi) is 13.0. The van der Waals surface area contributed by atoms with Crippen molar-refractivity contribution in [3.8, 4) is 79.4 Å². The van der Waals surface area contributed by atoms with E-state index in [0.717, 1.165) is 106 Å². The minimum absolute atomic E-state index is 0.636. The lowest BCUT2D eigenvalue weighted by Crippen LogP contribution is -2.05. The first-order chi connectivity index (χ1) is 46.7. The topological polar surface area (TPSA) is 71.3 Å². The van der Waals surface area contributed by atoms with Crippen LogP contribution in [-0.2, 0) is 0 Å². The highest BCUT2D eigenvalue weighted by molar-refractivity contribution is 6.25. The third-order valence-electron chi connectivity index (χ3n) is 18.3. The standard InChI is InChI=1S/C46H30N4.C40H26N4/c1-4-14-31(15-5-1)32-24-26-34(27-25-32)41-30-40(33-16-6-2-7-17-33)47-46(48-41)50-43-23-13-11-21-37(43)39-29-28-38-36-20-10-12-22-42(36)49(44(38)45(39)50)35-18-8-3-9-19-35;1-4-14-27(15-5-1)34-26-35(28-16-6-2-7-17-28)42-40(41-34)44-37-23-13-11-21-31(37)33-25-24-32-30-20-10-12-22-36(30)43(38(32)39(33)44)29-18-8-3-9-19-29/h1-30H;1-26H. The van der Waals surface area contributed by atoms with Gasteiger partial charge in [0.15, 0.2) is 0 Å². The van der Waals surface area contributed by atoms with E-state index >= 15 is 0 Å². The first-order valence-electron chi connectivity index (χ1n) is 31.8. The zero-order chi connectivity index (χ0) is 62.1. The molecule has 0 radical (unpaired) electrons. The second kappa shape index (κ2) is 22.6. The van der Waals surface area contributed by atoms with Crippen LogP contribution >= 0.6 is 0 Å². The number of hydrogen-bond acceptors (Lipinski definition) is 4. The lowest BCUT2D eigenvalue weighted by molar-refractivity contribution is 0.995. The smallest absolute Gasteiger partial charge is 0.235 e. The van der Waals surface area contributed by atoms with Gasteiger partial charge in [-0.1, -0.05) is 279 Å². The molecule has 0 fully saturated rings. The Morgan fingerprint density at radius 3 is 0.713 bits per heavy atom. The van der Waals surface area contributed by atoms with Crippen molar-refractivity contribution in [2.45, 2.75) is 0 Å². The Morgan fingerprint density at radius 1 is 0.170 bits per heavy atom. The summed E-state index contributed by atoms with van der Waals surface area (Å²) >= 11 is 0. The van der Waals surface area contributed by atoms with Crippen molar-refractivity contribution in [2.75, 3.05) is 0 Å². The summed E-state index contributed by atoms with van der Waals surface area (Å²) in [5, 5.41) is 9.48. The van der Waals surface area contributed by atoms with Crippen molar-refractivity contribution in [3.63, 3.8) is 0 Å². The molecule has 8 nitrogen and oxygen atoms in total. The highest BCUT2D eigenvalue weighted by Gasteiger charge is 2.26. The SMILES string of the molecule is c1ccc(-c2cc(-c3ccccc3)nc(-n3c4ccccc4c4ccc5c6ccccc6n(-c6ccccc6)c5c43)n2)cc1.c1ccc(-c2ccc(-c3cc(-c4ccccc4)nc(-n4c5ccccc5c5ccc6c7ccccc7n(-c7ccccc7)c6c54)n3)cc2)cc1. The van der Waals surface area contributed by atoms with Crippen molar-refractivity contribution < 1.29 is 0 Å². The Labute approximate surface area is 541 Å². The number of aromatic nitrogens is 8. The third kappa shape index (κ3) is 9.07. The van der Waals surface area contributed by atoms with E-state index in [1.165, 1.54) is 49.0 Å². The number of para-hydroxylation sites is 6. The van der Waals surface area contributed by atoms with E-state index < -0.39 is 0 Å². The van der Waals surface area contributed by atoms with Gasteiger partial charge in [-0.2, -0.15) is 0 Å². The highest BCUT2D eigenvalue weighted by Crippen LogP contribution is 2.44. The molecule has 0 unspecified atom stereocenters. The quantitative estimate of drug-likeness (QED) is 0.144. The maximum atomic E-state index is 5.38. The summed E-state index contributed by atoms with van der Waals surface area (Å²) in [7, 11) is 0. The van der Waals surface area contributed by atoms with Crippen molar-refractivity contribution in [1.29, 1.82) is 0 Å². The second-order valence-electron chi connectivity index (χ2n) is 23.7. The minimum Gasteiger partial charge on any atom is -0.307 e. The number of benzene rings is 13. The molecule has 0 bridgehead atoms. The van der Waals surface area contributed by atoms with Crippen LogP contribution in [0.1, 0.15) is 0 Å². The molecule has 0 aliphatic heterocycles. The Bertz CT molecular complexity index is 6000. The average molecular weight is 1200 g/mol. The zero-order valence-electron chi connectivity index (χ0n) is 50.9. The first-order valence-corrected chi connectivity index (χ1v) is 31.8. The van der Waals surface area contributed by atoms with Gasteiger partial charge in [0.1, 0.15) is 0 Å². The van der Waals surface area contributed by atoms with Crippen LogP contribution in [0.3, 0.4) is 0 Å². The van der Waals surface area contributed by atoms with Crippen LogP contribution in [-0.4, -0.2) is 38.2 Å². The van der Waals surface area contributed by atoms with Gasteiger partial charge in [-0.3, -0.25) is 9.13 Å². The molecule has 13 aromatic carbocycles. The maximum absolute atomic E-state index is 5.38. The molecule has 19 aromatic rings. The molecular formula is C86H56N8. The van der Waals surface area contributed by atoms with Crippen molar-refractivity contribution in [2.24, 2.45) is 0 Å². The van der Waals surface area contributed by atoms with Gasteiger partial charge in [0, 0.05) is 76.7 Å². The molecule has 6 heterocycles. The Balaban J connectivity index is 0.000000139. The molecule has 8 heteroatoms. The van der Waals surface area contributed by atoms with Crippen LogP contribution in [0.5, 0.6) is 0 Å². The van der Waals surface area contributed by atoms with Gasteiger partial charge < -0.3 is 9.13 Å². The van der Waals surface area contributed by atoms with Crippen LogP contribution in [0.4, 0.5) is 0 Å². The van der Waals surface area contributed by atoms with E-state index in [0.29, 0.717) is 11.9 Å². The van der Waals surface area contributed by atoms with Crippen LogP contribution in [0.25, 0.3) is 167 Å². The lowest BCUT2D eigenvalue weighted by atomic mass is 10.0. The van der Waals surface area contributed by atoms with E-state index in [-0.39, 0.29) is 0 Å². The van der Waals surface area contributed by atoms with E-state index in [9.17, 15) is 0 Å². The molecule has 0 aliphatic carbocycles. The summed E-state index contributed by atoms with van der Waals surface area (Å²) in [5.41, 5.74) is 21.2. The summed E-state index contributed by atoms with van der Waals surface area (Å²) < 4.78 is 9.33. The number of fused-ring (bicyclic) bond motifs is 14. The Morgan fingerprint density at radius 2 is 0.394 bits per heavy atom. The van der Waals surface area contributed by atoms with E-state index in [2.05, 4.69) is 334 Å². The number of rotatable bonds is 9. The van der Waals surface area contributed by atoms with Crippen molar-refractivity contribution in [3.05, 3.63) is 340 Å². The molecule has 6 aromatic heterocycles. The molecular weight excluding hydrogens is 1150 g/mol. The van der Waals surface area contributed by atoms with Crippen LogP contribution < -0.4 is 0 Å². The highest BCUT2D eigenvalue weighted by atomic mass is 15.2. The fraction of sp³-hybridized carbons (Fsp3) is 0. The summed E-state index contributed by atoms with van der Waals surface area (Å²) in [4.78, 5) is 21.3. The molecule has 0 N–H and O–H groups in total. The molecule has 440 valence electrons. The van der Waals surface area contributed by atoms with Crippen LogP contribution in [0.2, 0.25) is 0 Å². The second-order valence-corrected chi connectivity index (χ2v) is 23.7. The molecule has 0 saturated carbocycles. The summed E-state index contributed by atoms with van der Waals surface area (Å²) in [6.45, 7) is 0. The van der Waals surface area contributed by atoms with Gasteiger partial charge in [-0.15, -0.1) is 0 Å². The van der Waals surface area contributed by atoms with E-state index in [4.69, 9.17) is 19.9 Å². The van der Waals surface area contributed by atoms with Gasteiger partial charge in [0.05, 0.1) is 66.9 Å². The van der Waals surface area contributed by atoms with Gasteiger partial charge in [0.2, 0.25) is 11.9 Å². The van der Waals surface area contributed by atoms with Crippen molar-refractivity contribution >= 4 is 87.2 Å². The van der Waals surface area contributed by atoms with E-state index in [1.807, 2.05) is 24.3 Å². The number of nitrogens with zero attached hydrogens (tertiary/aromatic N) is 8. The molecule has 0 spiro atoms. The largest absolute Gasteiger partial charge is 0.307 e. The molecule has 0 amide bonds. The molecule has 94 heavy (non-hydrogen) atoms. The predicted molar refractivity (Wildman–Crippen MR) is 389 cm³/mol. The fourth-order valence-corrected chi connectivity index (χ4v) is 14.1. The average Bonchev–Trinajstić information content (AvgIpc) is 1.55. The predicted octanol–water partition coefficient (Wildman–Crippen LogP) is 21.7. The summed E-state index contributed by atoms with van der Waals surface area (Å²) in [6.07, 6.45) is 0.